The van der Waals surface area contributed by atoms with Crippen LogP contribution < -0.4 is 5.43 Å². The Morgan fingerprint density at radius 3 is 2.62 bits per heavy atom. The molecule has 8 nitrogen and oxygen atoms in total. The summed E-state index contributed by atoms with van der Waals surface area (Å²) in [6.45, 7) is 1.87. The number of cyclic esters (lactones) is 1. The molecule has 2 heterocycles. The van der Waals surface area contributed by atoms with Crippen molar-refractivity contribution in [3.63, 3.8) is 0 Å². The lowest BCUT2D eigenvalue weighted by Crippen LogP contribution is -2.43. The zero-order valence-corrected chi connectivity index (χ0v) is 11.9. The van der Waals surface area contributed by atoms with Gasteiger partial charge in [-0.25, -0.2) is 8.42 Å². The van der Waals surface area contributed by atoms with Crippen LogP contribution in [-0.4, -0.2) is 35.7 Å². The van der Waals surface area contributed by atoms with Gasteiger partial charge in [-0.05, 0) is 24.3 Å². The number of rotatable bonds is 4. The van der Waals surface area contributed by atoms with Crippen LogP contribution in [0.2, 0.25) is 0 Å². The lowest BCUT2D eigenvalue weighted by Gasteiger charge is -2.25. The Morgan fingerprint density at radius 1 is 1.33 bits per heavy atom. The predicted octanol–water partition coefficient (Wildman–Crippen LogP) is 0.236. The molecule has 0 spiro atoms. The number of ether oxygens (including phenoxy) is 1. The molecule has 1 aliphatic heterocycles. The zero-order chi connectivity index (χ0) is 15.0. The summed E-state index contributed by atoms with van der Waals surface area (Å²) in [4.78, 5) is 11.9. The average Bonchev–Trinajstić information content (AvgIpc) is 2.87. The van der Waals surface area contributed by atoms with Crippen molar-refractivity contribution in [3.05, 3.63) is 36.0 Å². The van der Waals surface area contributed by atoms with E-state index in [0.717, 1.165) is 10.4 Å². The van der Waals surface area contributed by atoms with Gasteiger partial charge >= 0.3 is 5.97 Å². The third-order valence-corrected chi connectivity index (χ3v) is 4.61. The van der Waals surface area contributed by atoms with Gasteiger partial charge in [-0.15, -0.1) is 5.10 Å². The van der Waals surface area contributed by atoms with Gasteiger partial charge in [-0.1, -0.05) is 17.7 Å². The Kier molecular flexibility index (Phi) is 3.13. The van der Waals surface area contributed by atoms with Gasteiger partial charge in [0.05, 0.1) is 11.1 Å². The summed E-state index contributed by atoms with van der Waals surface area (Å²) >= 11 is 0. The first-order valence-electron chi connectivity index (χ1n) is 6.15. The number of esters is 1. The fourth-order valence-electron chi connectivity index (χ4n) is 1.79. The lowest BCUT2D eigenvalue weighted by molar-refractivity contribution is -0.167. The predicted molar refractivity (Wildman–Crippen MR) is 70.5 cm³/mol. The fraction of sp³-hybridized carbons (Fsp3) is 0.250. The number of carbonyl (C=O) groups is 1. The number of hydrogen-bond donors (Lipinski definition) is 1. The molecule has 0 aliphatic carbocycles. The number of aryl methyl sites for hydroxylation is 1. The van der Waals surface area contributed by atoms with Crippen molar-refractivity contribution in [2.24, 2.45) is 0 Å². The number of nitrogens with one attached hydrogen (secondary N) is 1. The maximum atomic E-state index is 12.4. The number of carbonyl (C=O) groups excluding carboxylic acids is 1. The molecule has 0 radical (unpaired) electrons. The second-order valence-corrected chi connectivity index (χ2v) is 6.53. The third kappa shape index (κ3) is 2.59. The van der Waals surface area contributed by atoms with E-state index < -0.39 is 16.1 Å². The van der Waals surface area contributed by atoms with E-state index in [4.69, 9.17) is 4.74 Å². The molecule has 1 fully saturated rings. The summed E-state index contributed by atoms with van der Waals surface area (Å²) in [7, 11) is -3.71. The average molecular weight is 308 g/mol. The second kappa shape index (κ2) is 4.85. The van der Waals surface area contributed by atoms with Gasteiger partial charge in [0.2, 0.25) is 14.9 Å². The molecule has 21 heavy (non-hydrogen) atoms. The van der Waals surface area contributed by atoms with Crippen LogP contribution in [0.3, 0.4) is 0 Å². The highest BCUT2D eigenvalue weighted by molar-refractivity contribution is 7.91. The van der Waals surface area contributed by atoms with Crippen LogP contribution in [-0.2, 0) is 19.4 Å². The first-order valence-corrected chi connectivity index (χ1v) is 7.63. The van der Waals surface area contributed by atoms with E-state index in [-0.39, 0.29) is 22.3 Å². The van der Waals surface area contributed by atoms with Crippen molar-refractivity contribution >= 4 is 15.8 Å². The number of nitrogens with zero attached hydrogens (tertiary/aromatic N) is 3. The van der Waals surface area contributed by atoms with Gasteiger partial charge in [0.1, 0.15) is 6.42 Å². The number of aromatic nitrogens is 3. The van der Waals surface area contributed by atoms with E-state index >= 15 is 0 Å². The SMILES string of the molecule is Cc1ccc(S(=O)(=O)c2cn(NC3CC(=O)O3)nn2)cc1. The normalized spacial score (nSPS) is 18.0. The van der Waals surface area contributed by atoms with Gasteiger partial charge in [0, 0.05) is 0 Å². The Hall–Kier alpha value is -2.42. The van der Waals surface area contributed by atoms with Crippen LogP contribution in [0.4, 0.5) is 0 Å². The minimum atomic E-state index is -3.71. The molecular weight excluding hydrogens is 296 g/mol. The van der Waals surface area contributed by atoms with Crippen LogP contribution in [0.1, 0.15) is 12.0 Å². The summed E-state index contributed by atoms with van der Waals surface area (Å²) in [6, 6.07) is 6.46. The minimum Gasteiger partial charge on any atom is -0.439 e. The highest BCUT2D eigenvalue weighted by Gasteiger charge is 2.29. The van der Waals surface area contributed by atoms with Crippen molar-refractivity contribution in [1.82, 2.24) is 15.1 Å². The largest absolute Gasteiger partial charge is 0.439 e. The van der Waals surface area contributed by atoms with E-state index in [2.05, 4.69) is 15.7 Å². The topological polar surface area (TPSA) is 103 Å². The van der Waals surface area contributed by atoms with Crippen LogP contribution in [0.5, 0.6) is 0 Å². The molecule has 1 aliphatic rings. The van der Waals surface area contributed by atoms with Crippen molar-refractivity contribution in [3.8, 4) is 0 Å². The summed E-state index contributed by atoms with van der Waals surface area (Å²) in [5, 5.41) is 7.12. The van der Waals surface area contributed by atoms with Crippen molar-refractivity contribution in [2.45, 2.75) is 29.5 Å². The molecule has 1 aromatic carbocycles. The quantitative estimate of drug-likeness (QED) is 0.807. The van der Waals surface area contributed by atoms with Crippen LogP contribution in [0, 0.1) is 6.92 Å². The molecule has 0 bridgehead atoms. The van der Waals surface area contributed by atoms with Gasteiger partial charge in [-0.2, -0.15) is 4.79 Å². The fourth-order valence-corrected chi connectivity index (χ4v) is 2.91. The Bertz CT molecular complexity index is 774. The van der Waals surface area contributed by atoms with Crippen LogP contribution >= 0.6 is 0 Å². The zero-order valence-electron chi connectivity index (χ0n) is 11.1. The van der Waals surface area contributed by atoms with E-state index in [9.17, 15) is 13.2 Å². The summed E-state index contributed by atoms with van der Waals surface area (Å²) < 4.78 is 29.4. The van der Waals surface area contributed by atoms with Crippen LogP contribution in [0.15, 0.2) is 40.4 Å². The molecule has 1 atom stereocenters. The van der Waals surface area contributed by atoms with E-state index in [0.29, 0.717) is 0 Å². The molecule has 1 aromatic heterocycles. The maximum absolute atomic E-state index is 12.4. The van der Waals surface area contributed by atoms with E-state index in [1.165, 1.54) is 18.3 Å². The molecule has 110 valence electrons. The molecule has 0 saturated carbocycles. The molecule has 2 aromatic rings. The molecular formula is C12H12N4O4S. The highest BCUT2D eigenvalue weighted by atomic mass is 32.2. The van der Waals surface area contributed by atoms with E-state index in [1.807, 2.05) is 6.92 Å². The molecule has 1 N–H and O–H groups in total. The Balaban J connectivity index is 1.81. The second-order valence-electron chi connectivity index (χ2n) is 4.63. The number of hydrogen-bond acceptors (Lipinski definition) is 7. The Labute approximate surface area is 120 Å². The highest BCUT2D eigenvalue weighted by Crippen LogP contribution is 2.19. The first kappa shape index (κ1) is 13.6. The first-order chi connectivity index (χ1) is 9.95. The summed E-state index contributed by atoms with van der Waals surface area (Å²) in [6.07, 6.45) is 0.940. The number of sulfone groups is 1. The monoisotopic (exact) mass is 308 g/mol. The van der Waals surface area contributed by atoms with Crippen LogP contribution in [0.25, 0.3) is 0 Å². The van der Waals surface area contributed by atoms with Crippen molar-refractivity contribution < 1.29 is 17.9 Å². The Morgan fingerprint density at radius 2 is 2.00 bits per heavy atom. The number of benzene rings is 1. The molecule has 9 heteroatoms. The minimum absolute atomic E-state index is 0.148. The molecule has 3 rings (SSSR count). The summed E-state index contributed by atoms with van der Waals surface area (Å²) in [5.74, 6) is -0.319. The smallest absolute Gasteiger partial charge is 0.313 e. The molecule has 1 unspecified atom stereocenters. The molecule has 1 saturated heterocycles. The molecule has 0 amide bonds. The van der Waals surface area contributed by atoms with E-state index in [1.54, 1.807) is 12.1 Å². The summed E-state index contributed by atoms with van der Waals surface area (Å²) in [5.41, 5.74) is 3.66. The third-order valence-electron chi connectivity index (χ3n) is 2.98. The van der Waals surface area contributed by atoms with Crippen molar-refractivity contribution in [2.75, 3.05) is 5.43 Å². The lowest BCUT2D eigenvalue weighted by atomic mass is 10.2. The van der Waals surface area contributed by atoms with Gasteiger partial charge < -0.3 is 4.74 Å². The van der Waals surface area contributed by atoms with Crippen molar-refractivity contribution in [1.29, 1.82) is 0 Å². The standard InChI is InChI=1S/C12H12N4O4S/c1-8-2-4-9(5-3-8)21(18,19)11-7-16(15-13-11)14-10-6-12(17)20-10/h2-5,7,10,14H,6H2,1H3. The van der Waals surface area contributed by atoms with Gasteiger partial charge in [0.15, 0.2) is 6.23 Å². The van der Waals surface area contributed by atoms with Gasteiger partial charge in [0.25, 0.3) is 0 Å². The van der Waals surface area contributed by atoms with Gasteiger partial charge in [-0.3, -0.25) is 10.2 Å². The maximum Gasteiger partial charge on any atom is 0.313 e.